The number of aliphatic hydroxyl groups excluding tert-OH is 1. The first-order chi connectivity index (χ1) is 7.15. The van der Waals surface area contributed by atoms with Crippen LogP contribution in [0.1, 0.15) is 12.5 Å². The van der Waals surface area contributed by atoms with Gasteiger partial charge in [0.25, 0.3) is 5.85 Å². The van der Waals surface area contributed by atoms with E-state index >= 15 is 0 Å². The summed E-state index contributed by atoms with van der Waals surface area (Å²) in [6, 6.07) is 7.31. The minimum atomic E-state index is -2.03. The van der Waals surface area contributed by atoms with Crippen LogP contribution in [0.15, 0.2) is 24.3 Å². The van der Waals surface area contributed by atoms with Gasteiger partial charge >= 0.3 is 8.03 Å². The van der Waals surface area contributed by atoms with E-state index in [0.717, 1.165) is 5.56 Å². The third-order valence-corrected chi connectivity index (χ3v) is 2.84. The lowest BCUT2D eigenvalue weighted by Gasteiger charge is -2.04. The van der Waals surface area contributed by atoms with E-state index in [4.69, 9.17) is 14.4 Å². The number of ether oxygens (including phenoxy) is 1. The van der Waals surface area contributed by atoms with Crippen LogP contribution in [0.3, 0.4) is 0 Å². The fourth-order valence-corrected chi connectivity index (χ4v) is 1.55. The molecule has 0 saturated heterocycles. The topological polar surface area (TPSA) is 55.8 Å². The second-order valence-electron chi connectivity index (χ2n) is 3.00. The fourth-order valence-electron chi connectivity index (χ4n) is 1.06. The summed E-state index contributed by atoms with van der Waals surface area (Å²) in [6.45, 7) is 1.60. The van der Waals surface area contributed by atoms with Gasteiger partial charge in [-0.2, -0.15) is 0 Å². The molecule has 2 unspecified atom stereocenters. The Balaban J connectivity index is 2.61. The minimum absolute atomic E-state index is 0.171. The van der Waals surface area contributed by atoms with E-state index in [1.54, 1.807) is 13.2 Å². The zero-order chi connectivity index (χ0) is 11.3. The summed E-state index contributed by atoms with van der Waals surface area (Å²) in [4.78, 5) is 0. The summed E-state index contributed by atoms with van der Waals surface area (Å²) < 4.78 is 21.3. The number of hydrogen-bond donors (Lipinski definition) is 1. The molecule has 0 saturated carbocycles. The molecule has 0 aliphatic heterocycles. The van der Waals surface area contributed by atoms with Crippen molar-refractivity contribution in [3.63, 3.8) is 0 Å². The van der Waals surface area contributed by atoms with E-state index < -0.39 is 13.9 Å². The van der Waals surface area contributed by atoms with Crippen LogP contribution in [0.5, 0.6) is 5.75 Å². The Morgan fingerprint density at radius 3 is 2.73 bits per heavy atom. The third kappa shape index (κ3) is 3.59. The molecule has 1 aromatic carbocycles. The summed E-state index contributed by atoms with van der Waals surface area (Å²) >= 11 is 0. The molecular formula is C10H14O4P+. The first-order valence-corrected chi connectivity index (χ1v) is 5.79. The van der Waals surface area contributed by atoms with Gasteiger partial charge in [0.05, 0.1) is 7.11 Å². The van der Waals surface area contributed by atoms with E-state index in [2.05, 4.69) is 0 Å². The molecule has 0 aliphatic carbocycles. The highest BCUT2D eigenvalue weighted by atomic mass is 31.1. The highest BCUT2D eigenvalue weighted by Crippen LogP contribution is 2.30. The molecule has 5 heteroatoms. The zero-order valence-corrected chi connectivity index (χ0v) is 9.61. The molecule has 4 nitrogen and oxygen atoms in total. The smallest absolute Gasteiger partial charge is 0.496 e. The largest absolute Gasteiger partial charge is 0.540 e. The SMILES string of the molecule is COc1ccccc1CO[P+](=O)C(C)O. The standard InChI is InChI=1S/C10H14O4P/c1-8(11)15(12)14-7-9-5-3-4-6-10(9)13-2/h3-6,8,11H,7H2,1-2H3/q+1. The fraction of sp³-hybridized carbons (Fsp3) is 0.400. The maximum atomic E-state index is 11.2. The van der Waals surface area contributed by atoms with Gasteiger partial charge in [0.15, 0.2) is 0 Å². The van der Waals surface area contributed by atoms with E-state index in [-0.39, 0.29) is 6.61 Å². The molecule has 0 spiro atoms. The molecule has 0 radical (unpaired) electrons. The Morgan fingerprint density at radius 1 is 1.47 bits per heavy atom. The van der Waals surface area contributed by atoms with Gasteiger partial charge in [0.2, 0.25) is 0 Å². The molecule has 2 atom stereocenters. The van der Waals surface area contributed by atoms with Crippen LogP contribution in [0.4, 0.5) is 0 Å². The van der Waals surface area contributed by atoms with Gasteiger partial charge in [-0.05, 0) is 10.6 Å². The van der Waals surface area contributed by atoms with Gasteiger partial charge in [-0.15, -0.1) is 4.52 Å². The summed E-state index contributed by atoms with van der Waals surface area (Å²) in [5, 5.41) is 8.99. The van der Waals surface area contributed by atoms with Crippen molar-refractivity contribution in [2.75, 3.05) is 7.11 Å². The number of aliphatic hydroxyl groups is 1. The van der Waals surface area contributed by atoms with Crippen molar-refractivity contribution in [1.82, 2.24) is 0 Å². The minimum Gasteiger partial charge on any atom is -0.496 e. The first-order valence-electron chi connectivity index (χ1n) is 4.54. The quantitative estimate of drug-likeness (QED) is 0.787. The van der Waals surface area contributed by atoms with E-state index in [1.165, 1.54) is 6.92 Å². The Hall–Kier alpha value is -0.960. The molecule has 82 valence electrons. The van der Waals surface area contributed by atoms with Gasteiger partial charge < -0.3 is 9.84 Å². The predicted octanol–water partition coefficient (Wildman–Crippen LogP) is 2.29. The van der Waals surface area contributed by atoms with Crippen LogP contribution in [0.2, 0.25) is 0 Å². The predicted molar refractivity (Wildman–Crippen MR) is 57.1 cm³/mol. The molecule has 0 fully saturated rings. The molecule has 1 N–H and O–H groups in total. The monoisotopic (exact) mass is 229 g/mol. The highest BCUT2D eigenvalue weighted by molar-refractivity contribution is 7.39. The van der Waals surface area contributed by atoms with Crippen molar-refractivity contribution in [3.05, 3.63) is 29.8 Å². The zero-order valence-electron chi connectivity index (χ0n) is 8.71. The van der Waals surface area contributed by atoms with Gasteiger partial charge in [-0.3, -0.25) is 0 Å². The molecule has 0 aromatic heterocycles. The number of methoxy groups -OCH3 is 1. The van der Waals surface area contributed by atoms with Crippen molar-refractivity contribution in [1.29, 1.82) is 0 Å². The second-order valence-corrected chi connectivity index (χ2v) is 4.58. The Kier molecular flexibility index (Phi) is 4.69. The average Bonchev–Trinajstić information content (AvgIpc) is 2.26. The molecule has 0 amide bonds. The normalized spacial score (nSPS) is 13.4. The van der Waals surface area contributed by atoms with Crippen molar-refractivity contribution < 1.29 is 18.9 Å². The van der Waals surface area contributed by atoms with Gasteiger partial charge in [0.1, 0.15) is 12.4 Å². The molecule has 1 rings (SSSR count). The molecule has 0 heterocycles. The molecule has 1 aromatic rings. The lowest BCUT2D eigenvalue weighted by molar-refractivity contribution is 0.227. The number of para-hydroxylation sites is 1. The number of benzene rings is 1. The van der Waals surface area contributed by atoms with Gasteiger partial charge in [0, 0.05) is 12.5 Å². The third-order valence-electron chi connectivity index (χ3n) is 1.84. The maximum Gasteiger partial charge on any atom is 0.540 e. The number of rotatable bonds is 5. The van der Waals surface area contributed by atoms with Crippen LogP contribution >= 0.6 is 8.03 Å². The van der Waals surface area contributed by atoms with Gasteiger partial charge in [-0.25, -0.2) is 0 Å². The van der Waals surface area contributed by atoms with Gasteiger partial charge in [-0.1, -0.05) is 18.2 Å². The lowest BCUT2D eigenvalue weighted by atomic mass is 10.2. The molecule has 15 heavy (non-hydrogen) atoms. The van der Waals surface area contributed by atoms with Crippen LogP contribution in [-0.2, 0) is 15.7 Å². The van der Waals surface area contributed by atoms with Crippen molar-refractivity contribution in [3.8, 4) is 5.75 Å². The van der Waals surface area contributed by atoms with Crippen molar-refractivity contribution in [2.24, 2.45) is 0 Å². The molecule has 0 bridgehead atoms. The Labute approximate surface area is 89.7 Å². The average molecular weight is 229 g/mol. The van der Waals surface area contributed by atoms with Crippen LogP contribution in [0.25, 0.3) is 0 Å². The van der Waals surface area contributed by atoms with E-state index in [9.17, 15) is 4.57 Å². The molecule has 0 aliphatic rings. The summed E-state index contributed by atoms with van der Waals surface area (Å²) in [6.07, 6.45) is 0. The van der Waals surface area contributed by atoms with E-state index in [0.29, 0.717) is 5.75 Å². The molecular weight excluding hydrogens is 215 g/mol. The summed E-state index contributed by atoms with van der Waals surface area (Å²) in [5.74, 6) is -0.263. The number of hydrogen-bond acceptors (Lipinski definition) is 4. The van der Waals surface area contributed by atoms with Crippen LogP contribution in [-0.4, -0.2) is 18.1 Å². The Bertz CT molecular complexity index is 338. The summed E-state index contributed by atoms with van der Waals surface area (Å²) in [7, 11) is -0.468. The summed E-state index contributed by atoms with van der Waals surface area (Å²) in [5.41, 5.74) is 0.809. The maximum absolute atomic E-state index is 11.2. The second kappa shape index (κ2) is 5.81. The van der Waals surface area contributed by atoms with Crippen molar-refractivity contribution in [2.45, 2.75) is 19.4 Å². The first kappa shape index (κ1) is 12.1. The van der Waals surface area contributed by atoms with Crippen molar-refractivity contribution >= 4 is 8.03 Å². The lowest BCUT2D eigenvalue weighted by Crippen LogP contribution is -1.97. The van der Waals surface area contributed by atoms with E-state index in [1.807, 2.05) is 18.2 Å². The van der Waals surface area contributed by atoms with Crippen LogP contribution < -0.4 is 4.74 Å². The Morgan fingerprint density at radius 2 is 2.13 bits per heavy atom. The van der Waals surface area contributed by atoms with Crippen LogP contribution in [0, 0.1) is 0 Å². The highest BCUT2D eigenvalue weighted by Gasteiger charge is 2.25.